The summed E-state index contributed by atoms with van der Waals surface area (Å²) in [5.41, 5.74) is 0. The third-order valence-corrected chi connectivity index (χ3v) is 1.84. The molecule has 0 aliphatic heterocycles. The maximum absolute atomic E-state index is 11.1. The SMILES string of the molecule is CCC(NCC(=O)NCCOC)C(=O)O. The summed E-state index contributed by atoms with van der Waals surface area (Å²) in [5, 5.41) is 13.9. The van der Waals surface area contributed by atoms with Crippen molar-refractivity contribution in [3.05, 3.63) is 0 Å². The monoisotopic (exact) mass is 218 g/mol. The smallest absolute Gasteiger partial charge is 0.320 e. The molecule has 1 unspecified atom stereocenters. The van der Waals surface area contributed by atoms with Crippen LogP contribution in [0, 0.1) is 0 Å². The fourth-order valence-electron chi connectivity index (χ4n) is 0.977. The number of carbonyl (C=O) groups excluding carboxylic acids is 1. The van der Waals surface area contributed by atoms with Crippen LogP contribution in [0.1, 0.15) is 13.3 Å². The number of carboxylic acid groups (broad SMARTS) is 1. The second-order valence-electron chi connectivity index (χ2n) is 3.02. The van der Waals surface area contributed by atoms with E-state index >= 15 is 0 Å². The van der Waals surface area contributed by atoms with Crippen molar-refractivity contribution in [1.29, 1.82) is 0 Å². The molecule has 0 saturated heterocycles. The molecule has 0 aliphatic rings. The predicted octanol–water partition coefficient (Wildman–Crippen LogP) is -0.798. The molecule has 15 heavy (non-hydrogen) atoms. The first-order valence-electron chi connectivity index (χ1n) is 4.83. The summed E-state index contributed by atoms with van der Waals surface area (Å²) in [6.07, 6.45) is 0.445. The minimum Gasteiger partial charge on any atom is -0.480 e. The van der Waals surface area contributed by atoms with Gasteiger partial charge in [-0.15, -0.1) is 0 Å². The molecule has 3 N–H and O–H groups in total. The Balaban J connectivity index is 3.64. The lowest BCUT2D eigenvalue weighted by Crippen LogP contribution is -2.43. The molecule has 0 saturated carbocycles. The van der Waals surface area contributed by atoms with Crippen LogP contribution in [0.3, 0.4) is 0 Å². The molecule has 0 aromatic carbocycles. The standard InChI is InChI=1S/C9H18N2O4/c1-3-7(9(13)14)11-6-8(12)10-4-5-15-2/h7,11H,3-6H2,1-2H3,(H,10,12)(H,13,14). The molecule has 1 amide bonds. The van der Waals surface area contributed by atoms with Crippen molar-refractivity contribution in [2.24, 2.45) is 0 Å². The normalized spacial score (nSPS) is 12.1. The lowest BCUT2D eigenvalue weighted by molar-refractivity contribution is -0.139. The first kappa shape index (κ1) is 13.9. The van der Waals surface area contributed by atoms with E-state index in [2.05, 4.69) is 10.6 Å². The molecule has 0 rings (SSSR count). The van der Waals surface area contributed by atoms with Gasteiger partial charge in [-0.2, -0.15) is 0 Å². The predicted molar refractivity (Wildman–Crippen MR) is 54.6 cm³/mol. The minimum atomic E-state index is -0.942. The number of carbonyl (C=O) groups is 2. The van der Waals surface area contributed by atoms with Crippen LogP contribution in [0.2, 0.25) is 0 Å². The van der Waals surface area contributed by atoms with Crippen molar-refractivity contribution in [2.75, 3.05) is 26.8 Å². The van der Waals surface area contributed by atoms with Crippen molar-refractivity contribution in [3.8, 4) is 0 Å². The summed E-state index contributed by atoms with van der Waals surface area (Å²) in [4.78, 5) is 21.7. The highest BCUT2D eigenvalue weighted by molar-refractivity contribution is 5.79. The fourth-order valence-corrected chi connectivity index (χ4v) is 0.977. The van der Waals surface area contributed by atoms with E-state index in [0.717, 1.165) is 0 Å². The highest BCUT2D eigenvalue weighted by Gasteiger charge is 2.14. The maximum atomic E-state index is 11.1. The zero-order chi connectivity index (χ0) is 11.7. The largest absolute Gasteiger partial charge is 0.480 e. The summed E-state index contributed by atoms with van der Waals surface area (Å²) >= 11 is 0. The second kappa shape index (κ2) is 8.19. The molecule has 0 radical (unpaired) electrons. The molecule has 0 bridgehead atoms. The third kappa shape index (κ3) is 6.87. The van der Waals surface area contributed by atoms with Crippen LogP contribution in [0.15, 0.2) is 0 Å². The summed E-state index contributed by atoms with van der Waals surface area (Å²) in [5.74, 6) is -1.17. The Morgan fingerprint density at radius 3 is 2.60 bits per heavy atom. The van der Waals surface area contributed by atoms with E-state index < -0.39 is 12.0 Å². The number of amides is 1. The van der Waals surface area contributed by atoms with Crippen molar-refractivity contribution in [1.82, 2.24) is 10.6 Å². The number of nitrogens with one attached hydrogen (secondary N) is 2. The zero-order valence-electron chi connectivity index (χ0n) is 9.08. The van der Waals surface area contributed by atoms with Gasteiger partial charge in [0.05, 0.1) is 13.2 Å². The summed E-state index contributed by atoms with van der Waals surface area (Å²) < 4.78 is 4.75. The Morgan fingerprint density at radius 2 is 2.13 bits per heavy atom. The summed E-state index contributed by atoms with van der Waals surface area (Å²) in [7, 11) is 1.54. The van der Waals surface area contributed by atoms with Gasteiger partial charge in [0.2, 0.25) is 5.91 Å². The number of ether oxygens (including phenoxy) is 1. The van der Waals surface area contributed by atoms with Crippen LogP contribution in [0.4, 0.5) is 0 Å². The van der Waals surface area contributed by atoms with Gasteiger partial charge in [-0.25, -0.2) is 0 Å². The lowest BCUT2D eigenvalue weighted by atomic mass is 10.2. The van der Waals surface area contributed by atoms with E-state index in [0.29, 0.717) is 19.6 Å². The number of aliphatic carboxylic acids is 1. The Morgan fingerprint density at radius 1 is 1.47 bits per heavy atom. The molecular weight excluding hydrogens is 200 g/mol. The molecule has 1 atom stereocenters. The molecule has 0 aromatic rings. The Hall–Kier alpha value is -1.14. The van der Waals surface area contributed by atoms with Gasteiger partial charge < -0.3 is 15.2 Å². The van der Waals surface area contributed by atoms with Crippen LogP contribution < -0.4 is 10.6 Å². The molecule has 0 aliphatic carbocycles. The van der Waals surface area contributed by atoms with Gasteiger partial charge in [0.1, 0.15) is 6.04 Å². The Bertz CT molecular complexity index is 208. The summed E-state index contributed by atoms with van der Waals surface area (Å²) in [6, 6.07) is -0.668. The second-order valence-corrected chi connectivity index (χ2v) is 3.02. The molecule has 6 nitrogen and oxygen atoms in total. The first-order valence-corrected chi connectivity index (χ1v) is 4.83. The number of methoxy groups -OCH3 is 1. The highest BCUT2D eigenvalue weighted by Crippen LogP contribution is 1.89. The Labute approximate surface area is 89.0 Å². The molecule has 0 spiro atoms. The first-order chi connectivity index (χ1) is 7.11. The van der Waals surface area contributed by atoms with Gasteiger partial charge in [0.15, 0.2) is 0 Å². The third-order valence-electron chi connectivity index (χ3n) is 1.84. The minimum absolute atomic E-state index is 0.00845. The average Bonchev–Trinajstić information content (AvgIpc) is 2.18. The molecular formula is C9H18N2O4. The van der Waals surface area contributed by atoms with Crippen LogP contribution >= 0.6 is 0 Å². The molecule has 88 valence electrons. The van der Waals surface area contributed by atoms with E-state index in [4.69, 9.17) is 9.84 Å². The van der Waals surface area contributed by atoms with E-state index in [1.807, 2.05) is 0 Å². The van der Waals surface area contributed by atoms with Crippen molar-refractivity contribution in [2.45, 2.75) is 19.4 Å². The lowest BCUT2D eigenvalue weighted by Gasteiger charge is -2.11. The fraction of sp³-hybridized carbons (Fsp3) is 0.778. The molecule has 0 aromatic heterocycles. The average molecular weight is 218 g/mol. The highest BCUT2D eigenvalue weighted by atomic mass is 16.5. The number of hydrogen-bond acceptors (Lipinski definition) is 4. The number of carboxylic acids is 1. The molecule has 0 fully saturated rings. The maximum Gasteiger partial charge on any atom is 0.320 e. The van der Waals surface area contributed by atoms with Gasteiger partial charge in [0.25, 0.3) is 0 Å². The van der Waals surface area contributed by atoms with Crippen LogP contribution in [0.25, 0.3) is 0 Å². The number of rotatable bonds is 8. The number of hydrogen-bond donors (Lipinski definition) is 3. The van der Waals surface area contributed by atoms with Crippen LogP contribution in [0.5, 0.6) is 0 Å². The van der Waals surface area contributed by atoms with Gasteiger partial charge in [-0.3, -0.25) is 14.9 Å². The van der Waals surface area contributed by atoms with Gasteiger partial charge in [-0.05, 0) is 6.42 Å². The Kier molecular flexibility index (Phi) is 7.57. The quantitative estimate of drug-likeness (QED) is 0.464. The van der Waals surface area contributed by atoms with E-state index in [9.17, 15) is 9.59 Å². The molecule has 6 heteroatoms. The molecule has 0 heterocycles. The van der Waals surface area contributed by atoms with Crippen LogP contribution in [-0.4, -0.2) is 49.8 Å². The topological polar surface area (TPSA) is 87.7 Å². The van der Waals surface area contributed by atoms with E-state index in [-0.39, 0.29) is 12.5 Å². The van der Waals surface area contributed by atoms with E-state index in [1.54, 1.807) is 14.0 Å². The van der Waals surface area contributed by atoms with Crippen molar-refractivity contribution < 1.29 is 19.4 Å². The van der Waals surface area contributed by atoms with Gasteiger partial charge in [0, 0.05) is 13.7 Å². The van der Waals surface area contributed by atoms with Crippen molar-refractivity contribution >= 4 is 11.9 Å². The van der Waals surface area contributed by atoms with E-state index in [1.165, 1.54) is 0 Å². The van der Waals surface area contributed by atoms with Gasteiger partial charge in [-0.1, -0.05) is 6.92 Å². The van der Waals surface area contributed by atoms with Gasteiger partial charge >= 0.3 is 5.97 Å². The van der Waals surface area contributed by atoms with Crippen LogP contribution in [-0.2, 0) is 14.3 Å². The van der Waals surface area contributed by atoms with Crippen molar-refractivity contribution in [3.63, 3.8) is 0 Å². The summed E-state index contributed by atoms with van der Waals surface area (Å²) in [6.45, 7) is 2.63. The zero-order valence-corrected chi connectivity index (χ0v) is 9.08.